The Morgan fingerprint density at radius 3 is 2.83 bits per heavy atom. The highest BCUT2D eigenvalue weighted by molar-refractivity contribution is 7.18. The number of nitriles is 1. The number of ether oxygens (including phenoxy) is 1. The first-order chi connectivity index (χ1) is 14.0. The van der Waals surface area contributed by atoms with Crippen LogP contribution in [0.2, 0.25) is 0 Å². The van der Waals surface area contributed by atoms with Gasteiger partial charge >= 0.3 is 0 Å². The Bertz CT molecular complexity index is 869. The van der Waals surface area contributed by atoms with Crippen LogP contribution in [-0.4, -0.2) is 55.3 Å². The van der Waals surface area contributed by atoms with Gasteiger partial charge in [0.15, 0.2) is 0 Å². The number of carbonyl (C=O) groups excluding carboxylic acids is 1. The summed E-state index contributed by atoms with van der Waals surface area (Å²) in [5, 5.41) is 23.5. The van der Waals surface area contributed by atoms with Crippen LogP contribution in [0.1, 0.15) is 40.6 Å². The molecule has 0 aromatic carbocycles. The molecule has 0 spiro atoms. The van der Waals surface area contributed by atoms with Crippen LogP contribution in [0, 0.1) is 11.3 Å². The standard InChI is InChI=1S/C20H23Cl2N3O3S/c1-2-13(26)11-24-19(27)18-17(12-3-4-15(21)16(22)9-12)14(10-23)20(29-18)25-5-7-28-8-6-25/h3-4,13,16,26H,2,5-9,11H2,1H3,(H,24,27). The maximum Gasteiger partial charge on any atom is 0.262 e. The van der Waals surface area contributed by atoms with Crippen molar-refractivity contribution < 1.29 is 14.6 Å². The van der Waals surface area contributed by atoms with Gasteiger partial charge in [0.2, 0.25) is 0 Å². The quantitative estimate of drug-likeness (QED) is 0.641. The predicted molar refractivity (Wildman–Crippen MR) is 117 cm³/mol. The fourth-order valence-corrected chi connectivity index (χ4v) is 4.88. The molecule has 2 N–H and O–H groups in total. The van der Waals surface area contributed by atoms with Crippen LogP contribution in [0.4, 0.5) is 5.00 Å². The maximum absolute atomic E-state index is 13.0. The van der Waals surface area contributed by atoms with Crippen molar-refractivity contribution in [2.24, 2.45) is 0 Å². The summed E-state index contributed by atoms with van der Waals surface area (Å²) in [7, 11) is 0. The molecule has 1 saturated heterocycles. The van der Waals surface area contributed by atoms with Gasteiger partial charge in [0.25, 0.3) is 5.91 Å². The smallest absolute Gasteiger partial charge is 0.262 e. The van der Waals surface area contributed by atoms with Crippen molar-refractivity contribution in [3.63, 3.8) is 0 Å². The minimum Gasteiger partial charge on any atom is -0.391 e. The highest BCUT2D eigenvalue weighted by Gasteiger charge is 2.30. The van der Waals surface area contributed by atoms with Crippen molar-refractivity contribution in [2.75, 3.05) is 37.7 Å². The second-order valence-corrected chi connectivity index (χ2v) is 8.85. The Hall–Kier alpha value is -1.56. The molecule has 1 aromatic rings. The van der Waals surface area contributed by atoms with Crippen LogP contribution in [0.3, 0.4) is 0 Å². The molecule has 0 radical (unpaired) electrons. The minimum atomic E-state index is -0.612. The third-order valence-electron chi connectivity index (χ3n) is 4.94. The second-order valence-electron chi connectivity index (χ2n) is 6.88. The molecule has 156 valence electrons. The normalized spacial score (nSPS) is 20.5. The third-order valence-corrected chi connectivity index (χ3v) is 7.08. The average molecular weight is 456 g/mol. The zero-order chi connectivity index (χ0) is 21.0. The lowest BCUT2D eigenvalue weighted by Gasteiger charge is -2.27. The Kier molecular flexibility index (Phi) is 7.60. The number of nitrogens with zero attached hydrogens (tertiary/aromatic N) is 2. The molecule has 1 aliphatic carbocycles. The molecule has 1 fully saturated rings. The number of allylic oxidation sites excluding steroid dienone is 4. The number of carbonyl (C=O) groups is 1. The number of hydrogen-bond donors (Lipinski definition) is 2. The van der Waals surface area contributed by atoms with E-state index >= 15 is 0 Å². The van der Waals surface area contributed by atoms with Crippen LogP contribution in [0.15, 0.2) is 17.2 Å². The minimum absolute atomic E-state index is 0.157. The molecule has 29 heavy (non-hydrogen) atoms. The molecular weight excluding hydrogens is 433 g/mol. The van der Waals surface area contributed by atoms with E-state index in [0.29, 0.717) is 60.2 Å². The van der Waals surface area contributed by atoms with Gasteiger partial charge in [0, 0.05) is 30.2 Å². The predicted octanol–water partition coefficient (Wildman–Crippen LogP) is 3.47. The van der Waals surface area contributed by atoms with E-state index in [1.54, 1.807) is 6.08 Å². The van der Waals surface area contributed by atoms with Crippen LogP contribution < -0.4 is 10.2 Å². The van der Waals surface area contributed by atoms with E-state index in [1.165, 1.54) is 11.3 Å². The summed E-state index contributed by atoms with van der Waals surface area (Å²) in [5.41, 5.74) is 1.89. The summed E-state index contributed by atoms with van der Waals surface area (Å²) in [4.78, 5) is 15.5. The summed E-state index contributed by atoms with van der Waals surface area (Å²) in [6, 6.07) is 2.30. The van der Waals surface area contributed by atoms with Crippen LogP contribution in [-0.2, 0) is 4.74 Å². The Labute approximate surface area is 184 Å². The third kappa shape index (κ3) is 4.96. The van der Waals surface area contributed by atoms with Crippen molar-refractivity contribution >= 4 is 51.0 Å². The molecule has 1 amide bonds. The topological polar surface area (TPSA) is 85.6 Å². The van der Waals surface area contributed by atoms with Crippen LogP contribution >= 0.6 is 34.5 Å². The number of aliphatic hydroxyl groups is 1. The lowest BCUT2D eigenvalue weighted by molar-refractivity contribution is 0.0917. The van der Waals surface area contributed by atoms with Gasteiger partial charge in [-0.15, -0.1) is 22.9 Å². The molecule has 2 heterocycles. The molecule has 2 atom stereocenters. The van der Waals surface area contributed by atoms with E-state index in [-0.39, 0.29) is 12.5 Å². The van der Waals surface area contributed by atoms with E-state index in [2.05, 4.69) is 16.3 Å². The summed E-state index contributed by atoms with van der Waals surface area (Å²) in [6.45, 7) is 4.48. The van der Waals surface area contributed by atoms with Gasteiger partial charge in [-0.1, -0.05) is 24.6 Å². The molecule has 0 bridgehead atoms. The highest BCUT2D eigenvalue weighted by atomic mass is 35.5. The summed E-state index contributed by atoms with van der Waals surface area (Å²) >= 11 is 13.7. The molecule has 1 aliphatic heterocycles. The SMILES string of the molecule is CCC(O)CNC(=O)c1sc(N2CCOCC2)c(C#N)c1C1=CC=C(Cl)C(Cl)C1. The zero-order valence-corrected chi connectivity index (χ0v) is 18.4. The second kappa shape index (κ2) is 9.96. The molecule has 2 aliphatic rings. The van der Waals surface area contributed by atoms with E-state index in [1.807, 2.05) is 13.0 Å². The number of nitrogens with one attached hydrogen (secondary N) is 1. The van der Waals surface area contributed by atoms with E-state index in [0.717, 1.165) is 10.6 Å². The van der Waals surface area contributed by atoms with Crippen molar-refractivity contribution in [1.29, 1.82) is 5.26 Å². The number of rotatable bonds is 6. The molecule has 2 unspecified atom stereocenters. The number of amides is 1. The number of morpholine rings is 1. The van der Waals surface area contributed by atoms with Gasteiger partial charge in [-0.25, -0.2) is 0 Å². The number of hydrogen-bond acceptors (Lipinski definition) is 6. The van der Waals surface area contributed by atoms with Gasteiger partial charge in [-0.05, 0) is 24.5 Å². The summed E-state index contributed by atoms with van der Waals surface area (Å²) < 4.78 is 5.42. The monoisotopic (exact) mass is 455 g/mol. The number of aliphatic hydroxyl groups excluding tert-OH is 1. The van der Waals surface area contributed by atoms with Gasteiger partial charge in [-0.2, -0.15) is 5.26 Å². The zero-order valence-electron chi connectivity index (χ0n) is 16.1. The fourth-order valence-electron chi connectivity index (χ4n) is 3.24. The lowest BCUT2D eigenvalue weighted by Crippen LogP contribution is -2.36. The average Bonchev–Trinajstić information content (AvgIpc) is 3.14. The molecule has 0 saturated carbocycles. The number of alkyl halides is 1. The summed E-state index contributed by atoms with van der Waals surface area (Å²) in [5.74, 6) is -0.304. The summed E-state index contributed by atoms with van der Waals surface area (Å²) in [6.07, 6.45) is 3.91. The number of thiophene rings is 1. The van der Waals surface area contributed by atoms with E-state index in [4.69, 9.17) is 27.9 Å². The van der Waals surface area contributed by atoms with Crippen molar-refractivity contribution in [3.05, 3.63) is 33.2 Å². The molecule has 1 aromatic heterocycles. The molecule has 3 rings (SSSR count). The van der Waals surface area contributed by atoms with Crippen LogP contribution in [0.5, 0.6) is 0 Å². The highest BCUT2D eigenvalue weighted by Crippen LogP contribution is 2.43. The van der Waals surface area contributed by atoms with Gasteiger partial charge in [-0.3, -0.25) is 4.79 Å². The molecule has 9 heteroatoms. The maximum atomic E-state index is 13.0. The first-order valence-electron chi connectivity index (χ1n) is 9.52. The van der Waals surface area contributed by atoms with Gasteiger partial charge < -0.3 is 20.1 Å². The van der Waals surface area contributed by atoms with Crippen LogP contribution in [0.25, 0.3) is 5.57 Å². The van der Waals surface area contributed by atoms with Crippen molar-refractivity contribution in [1.82, 2.24) is 5.32 Å². The molecular formula is C20H23Cl2N3O3S. The first-order valence-corrected chi connectivity index (χ1v) is 11.2. The largest absolute Gasteiger partial charge is 0.391 e. The molecule has 6 nitrogen and oxygen atoms in total. The number of halogens is 2. The van der Waals surface area contributed by atoms with Gasteiger partial charge in [0.1, 0.15) is 15.9 Å². The Morgan fingerprint density at radius 1 is 1.48 bits per heavy atom. The lowest BCUT2D eigenvalue weighted by atomic mass is 9.93. The van der Waals surface area contributed by atoms with E-state index < -0.39 is 11.5 Å². The van der Waals surface area contributed by atoms with E-state index in [9.17, 15) is 15.2 Å². The number of anilines is 1. The Balaban J connectivity index is 2.04. The van der Waals surface area contributed by atoms with Crippen molar-refractivity contribution in [2.45, 2.75) is 31.2 Å². The van der Waals surface area contributed by atoms with Gasteiger partial charge in [0.05, 0.1) is 30.3 Å². The van der Waals surface area contributed by atoms with Crippen molar-refractivity contribution in [3.8, 4) is 6.07 Å². The first kappa shape index (κ1) is 22.1. The fraction of sp³-hybridized carbons (Fsp3) is 0.500. The Morgan fingerprint density at radius 2 is 2.21 bits per heavy atom.